The number of guanidine groups is 1. The van der Waals surface area contributed by atoms with Crippen molar-refractivity contribution in [1.82, 2.24) is 10.2 Å². The molecule has 4 rings (SSSR count). The van der Waals surface area contributed by atoms with Crippen molar-refractivity contribution in [2.24, 2.45) is 4.99 Å². The van der Waals surface area contributed by atoms with Crippen molar-refractivity contribution in [3.8, 4) is 11.5 Å². The Morgan fingerprint density at radius 2 is 1.79 bits per heavy atom. The number of aliphatic imine (C=N–C) groups is 1. The van der Waals surface area contributed by atoms with Crippen molar-refractivity contribution in [2.45, 2.75) is 25.7 Å². The SMILES string of the molecule is I.O=C(CN=C(NCCc1ccccc1F)Nc1ccc2c(c1)OCCCO2)N1CCCC1. The molecule has 0 radical (unpaired) electrons. The van der Waals surface area contributed by atoms with E-state index in [9.17, 15) is 9.18 Å². The highest BCUT2D eigenvalue weighted by Crippen LogP contribution is 2.32. The smallest absolute Gasteiger partial charge is 0.244 e. The fraction of sp³-hybridized carbons (Fsp3) is 0.417. The largest absolute Gasteiger partial charge is 0.490 e. The van der Waals surface area contributed by atoms with Gasteiger partial charge in [-0.3, -0.25) is 4.79 Å². The van der Waals surface area contributed by atoms with E-state index in [1.54, 1.807) is 12.1 Å². The lowest BCUT2D eigenvalue weighted by molar-refractivity contribution is -0.128. The molecule has 1 amide bonds. The number of likely N-dealkylation sites (tertiary alicyclic amines) is 1. The lowest BCUT2D eigenvalue weighted by atomic mass is 10.1. The topological polar surface area (TPSA) is 75.2 Å². The first kappa shape index (κ1) is 25.1. The van der Waals surface area contributed by atoms with Crippen LogP contribution in [0.25, 0.3) is 0 Å². The maximum Gasteiger partial charge on any atom is 0.244 e. The van der Waals surface area contributed by atoms with Gasteiger partial charge in [0.05, 0.1) is 13.2 Å². The van der Waals surface area contributed by atoms with Gasteiger partial charge in [0.2, 0.25) is 5.91 Å². The Balaban J connectivity index is 0.00000306. The third-order valence-corrected chi connectivity index (χ3v) is 5.49. The third-order valence-electron chi connectivity index (χ3n) is 5.49. The normalized spacial score (nSPS) is 15.4. The maximum absolute atomic E-state index is 13.9. The van der Waals surface area contributed by atoms with E-state index >= 15 is 0 Å². The minimum atomic E-state index is -0.229. The number of carbonyl (C=O) groups excluding carboxylic acids is 1. The molecule has 33 heavy (non-hydrogen) atoms. The summed E-state index contributed by atoms with van der Waals surface area (Å²) in [5.41, 5.74) is 1.39. The summed E-state index contributed by atoms with van der Waals surface area (Å²) < 4.78 is 25.4. The molecule has 2 aliphatic heterocycles. The van der Waals surface area contributed by atoms with Crippen molar-refractivity contribution in [2.75, 3.05) is 44.7 Å². The Hall–Kier alpha value is -2.56. The zero-order valence-corrected chi connectivity index (χ0v) is 20.8. The van der Waals surface area contributed by atoms with E-state index in [-0.39, 0.29) is 42.2 Å². The average Bonchev–Trinajstić information content (AvgIpc) is 3.24. The predicted molar refractivity (Wildman–Crippen MR) is 137 cm³/mol. The summed E-state index contributed by atoms with van der Waals surface area (Å²) in [5.74, 6) is 1.63. The summed E-state index contributed by atoms with van der Waals surface area (Å²) in [6.07, 6.45) is 3.41. The molecule has 0 atom stereocenters. The van der Waals surface area contributed by atoms with E-state index in [1.807, 2.05) is 29.2 Å². The number of benzene rings is 2. The number of nitrogens with zero attached hydrogens (tertiary/aromatic N) is 2. The van der Waals surface area contributed by atoms with E-state index in [0.29, 0.717) is 49.2 Å². The molecular weight excluding hydrogens is 538 g/mol. The Bertz CT molecular complexity index is 966. The van der Waals surface area contributed by atoms with Gasteiger partial charge in [-0.25, -0.2) is 9.38 Å². The molecule has 2 aromatic rings. The highest BCUT2D eigenvalue weighted by molar-refractivity contribution is 14.0. The van der Waals surface area contributed by atoms with E-state index in [4.69, 9.17) is 9.47 Å². The number of nitrogens with one attached hydrogen (secondary N) is 2. The van der Waals surface area contributed by atoms with Crippen LogP contribution in [-0.4, -0.2) is 56.2 Å². The van der Waals surface area contributed by atoms with Crippen molar-refractivity contribution in [3.05, 3.63) is 53.8 Å². The molecule has 2 aliphatic rings. The number of hydrogen-bond acceptors (Lipinski definition) is 4. The molecule has 0 spiro atoms. The Labute approximate surface area is 210 Å². The van der Waals surface area contributed by atoms with Crippen LogP contribution < -0.4 is 20.1 Å². The zero-order valence-electron chi connectivity index (χ0n) is 18.5. The molecule has 0 aliphatic carbocycles. The molecule has 0 bridgehead atoms. The molecule has 0 saturated carbocycles. The third kappa shape index (κ3) is 7.21. The number of amides is 1. The summed E-state index contributed by atoms with van der Waals surface area (Å²) in [5, 5.41) is 6.45. The van der Waals surface area contributed by atoms with E-state index < -0.39 is 0 Å². The van der Waals surface area contributed by atoms with Gasteiger partial charge >= 0.3 is 0 Å². The van der Waals surface area contributed by atoms with Gasteiger partial charge in [0.15, 0.2) is 17.5 Å². The Morgan fingerprint density at radius 1 is 1.03 bits per heavy atom. The van der Waals surface area contributed by atoms with Crippen molar-refractivity contribution in [1.29, 1.82) is 0 Å². The molecule has 178 valence electrons. The Kier molecular flexibility index (Phi) is 9.59. The lowest BCUT2D eigenvalue weighted by Gasteiger charge is -2.16. The molecule has 0 aromatic heterocycles. The summed E-state index contributed by atoms with van der Waals surface area (Å²) in [6, 6.07) is 12.3. The van der Waals surface area contributed by atoms with Gasteiger partial charge in [-0.15, -0.1) is 24.0 Å². The van der Waals surface area contributed by atoms with Crippen molar-refractivity contribution in [3.63, 3.8) is 0 Å². The second-order valence-electron chi connectivity index (χ2n) is 7.86. The van der Waals surface area contributed by atoms with Crippen LogP contribution >= 0.6 is 24.0 Å². The van der Waals surface area contributed by atoms with Crippen LogP contribution in [0.15, 0.2) is 47.5 Å². The molecule has 1 saturated heterocycles. The number of halogens is 2. The quantitative estimate of drug-likeness (QED) is 0.315. The summed E-state index contributed by atoms with van der Waals surface area (Å²) in [7, 11) is 0. The van der Waals surface area contributed by atoms with Crippen LogP contribution in [0.4, 0.5) is 10.1 Å². The first-order valence-corrected chi connectivity index (χ1v) is 11.2. The summed E-state index contributed by atoms with van der Waals surface area (Å²) in [6.45, 7) is 3.33. The van der Waals surface area contributed by atoms with Gasteiger partial charge in [-0.05, 0) is 43.0 Å². The second kappa shape index (κ2) is 12.6. The first-order valence-electron chi connectivity index (χ1n) is 11.2. The van der Waals surface area contributed by atoms with Gasteiger partial charge in [-0.1, -0.05) is 18.2 Å². The fourth-order valence-corrected chi connectivity index (χ4v) is 3.75. The lowest BCUT2D eigenvalue weighted by Crippen LogP contribution is -2.35. The van der Waals surface area contributed by atoms with Gasteiger partial charge < -0.3 is 25.0 Å². The predicted octanol–water partition coefficient (Wildman–Crippen LogP) is 3.83. The van der Waals surface area contributed by atoms with Crippen molar-refractivity contribution < 1.29 is 18.7 Å². The number of anilines is 1. The second-order valence-corrected chi connectivity index (χ2v) is 7.86. The molecule has 2 heterocycles. The highest BCUT2D eigenvalue weighted by atomic mass is 127. The van der Waals surface area contributed by atoms with E-state index in [0.717, 1.165) is 38.0 Å². The monoisotopic (exact) mass is 568 g/mol. The van der Waals surface area contributed by atoms with Gasteiger partial charge in [-0.2, -0.15) is 0 Å². The van der Waals surface area contributed by atoms with E-state index in [2.05, 4.69) is 15.6 Å². The van der Waals surface area contributed by atoms with Crippen LogP contribution in [0, 0.1) is 5.82 Å². The van der Waals surface area contributed by atoms with Crippen LogP contribution in [0.5, 0.6) is 11.5 Å². The standard InChI is InChI=1S/C24H29FN4O3.HI/c25-20-7-2-1-6-18(20)10-11-26-24(27-17-23(30)29-12-3-4-13-29)28-19-8-9-21-22(16-19)32-15-5-14-31-21;/h1-2,6-9,16H,3-5,10-15,17H2,(H2,26,27,28);1H. The molecule has 2 N–H and O–H groups in total. The molecule has 0 unspecified atom stereocenters. The van der Waals surface area contributed by atoms with Gasteiger partial charge in [0.1, 0.15) is 12.4 Å². The average molecular weight is 568 g/mol. The van der Waals surface area contributed by atoms with E-state index in [1.165, 1.54) is 6.07 Å². The number of fused-ring (bicyclic) bond motifs is 1. The minimum Gasteiger partial charge on any atom is -0.490 e. The fourth-order valence-electron chi connectivity index (χ4n) is 3.75. The zero-order chi connectivity index (χ0) is 22.2. The number of rotatable bonds is 6. The minimum absolute atomic E-state index is 0. The molecule has 1 fully saturated rings. The van der Waals surface area contributed by atoms with Gasteiger partial charge in [0, 0.05) is 37.8 Å². The molecule has 2 aromatic carbocycles. The maximum atomic E-state index is 13.9. The van der Waals surface area contributed by atoms with Crippen LogP contribution in [-0.2, 0) is 11.2 Å². The highest BCUT2D eigenvalue weighted by Gasteiger charge is 2.17. The molecular formula is C24H30FIN4O3. The van der Waals surface area contributed by atoms with Gasteiger partial charge in [0.25, 0.3) is 0 Å². The first-order chi connectivity index (χ1) is 15.7. The Morgan fingerprint density at radius 3 is 2.58 bits per heavy atom. The molecule has 7 nitrogen and oxygen atoms in total. The van der Waals surface area contributed by atoms with Crippen molar-refractivity contribution >= 4 is 41.5 Å². The number of hydrogen-bond donors (Lipinski definition) is 2. The van der Waals surface area contributed by atoms with Crippen LogP contribution in [0.2, 0.25) is 0 Å². The van der Waals surface area contributed by atoms with Crippen LogP contribution in [0.1, 0.15) is 24.8 Å². The number of carbonyl (C=O) groups is 1. The summed E-state index contributed by atoms with van der Waals surface area (Å²) in [4.78, 5) is 18.8. The van der Waals surface area contributed by atoms with Crippen LogP contribution in [0.3, 0.4) is 0 Å². The summed E-state index contributed by atoms with van der Waals surface area (Å²) >= 11 is 0. The molecule has 9 heteroatoms. The number of ether oxygens (including phenoxy) is 2.